The third-order valence-corrected chi connectivity index (χ3v) is 5.65. The fourth-order valence-corrected chi connectivity index (χ4v) is 3.99. The molecule has 0 unspecified atom stereocenters. The van der Waals surface area contributed by atoms with Crippen molar-refractivity contribution < 1.29 is 9.53 Å². The van der Waals surface area contributed by atoms with E-state index in [4.69, 9.17) is 4.74 Å². The summed E-state index contributed by atoms with van der Waals surface area (Å²) in [6, 6.07) is 0. The van der Waals surface area contributed by atoms with Crippen LogP contribution in [0.3, 0.4) is 0 Å². The maximum absolute atomic E-state index is 12.7. The van der Waals surface area contributed by atoms with E-state index in [1.165, 1.54) is 23.4 Å². The molecule has 3 rings (SSSR count). The van der Waals surface area contributed by atoms with Crippen LogP contribution >= 0.6 is 11.8 Å². The van der Waals surface area contributed by atoms with E-state index in [2.05, 4.69) is 15.3 Å². The highest BCUT2D eigenvalue weighted by Crippen LogP contribution is 2.22. The minimum absolute atomic E-state index is 0.0757. The molecule has 0 aliphatic carbocycles. The molecule has 0 radical (unpaired) electrons. The number of nitrogens with one attached hydrogen (secondary N) is 1. The molecule has 2 aromatic rings. The molecule has 1 amide bonds. The first kappa shape index (κ1) is 20.5. The van der Waals surface area contributed by atoms with Crippen LogP contribution in [0.2, 0.25) is 0 Å². The molecule has 1 aliphatic heterocycles. The summed E-state index contributed by atoms with van der Waals surface area (Å²) >= 11 is 1.19. The Bertz CT molecular complexity index is 994. The Hall–Kier alpha value is -2.20. The van der Waals surface area contributed by atoms with Crippen molar-refractivity contribution in [1.82, 2.24) is 24.4 Å². The quantitative estimate of drug-likeness (QED) is 0.522. The fraction of sp³-hybridized carbons (Fsp3) is 0.611. The van der Waals surface area contributed by atoms with Crippen molar-refractivity contribution in [3.05, 3.63) is 26.7 Å². The number of thioether (sulfide) groups is 1. The number of amides is 1. The monoisotopic (exact) mass is 407 g/mol. The number of ether oxygens (including phenoxy) is 1. The third kappa shape index (κ3) is 4.27. The molecule has 152 valence electrons. The molecule has 0 bridgehead atoms. The molecule has 2 aromatic heterocycles. The predicted octanol–water partition coefficient (Wildman–Crippen LogP) is 0.367. The van der Waals surface area contributed by atoms with Crippen LogP contribution in [-0.2, 0) is 30.0 Å². The van der Waals surface area contributed by atoms with Gasteiger partial charge in [-0.15, -0.1) is 0 Å². The van der Waals surface area contributed by atoms with Gasteiger partial charge in [-0.25, -0.2) is 14.8 Å². The van der Waals surface area contributed by atoms with Gasteiger partial charge in [-0.05, 0) is 19.3 Å². The number of hydrogen-bond donors (Lipinski definition) is 1. The lowest BCUT2D eigenvalue weighted by Crippen LogP contribution is -2.38. The first-order valence-corrected chi connectivity index (χ1v) is 10.4. The standard InChI is InChI=1S/C18H25N5O4S/c1-4-6-12-20-15-14(17(25)23(3)18(26)22(15)2)16(21-12)28-10-13(24)19-9-11-7-5-8-27-11/h11H,4-10H2,1-3H3,(H,19,24)/t11-/m1/s1. The zero-order chi connectivity index (χ0) is 20.3. The molecule has 10 heteroatoms. The zero-order valence-electron chi connectivity index (χ0n) is 16.4. The van der Waals surface area contributed by atoms with Crippen LogP contribution in [0.1, 0.15) is 32.0 Å². The first-order chi connectivity index (χ1) is 13.4. The lowest BCUT2D eigenvalue weighted by Gasteiger charge is -2.12. The zero-order valence-corrected chi connectivity index (χ0v) is 17.2. The molecule has 0 aromatic carbocycles. The first-order valence-electron chi connectivity index (χ1n) is 9.40. The van der Waals surface area contributed by atoms with Crippen molar-refractivity contribution in [2.75, 3.05) is 18.9 Å². The van der Waals surface area contributed by atoms with Gasteiger partial charge in [0.1, 0.15) is 16.2 Å². The van der Waals surface area contributed by atoms with Crippen LogP contribution in [0.25, 0.3) is 11.0 Å². The predicted molar refractivity (Wildman–Crippen MR) is 107 cm³/mol. The molecule has 1 fully saturated rings. The Balaban J connectivity index is 1.87. The molecule has 1 N–H and O–H groups in total. The number of hydrogen-bond acceptors (Lipinski definition) is 7. The highest BCUT2D eigenvalue weighted by atomic mass is 32.2. The Labute approximate surface area is 166 Å². The van der Waals surface area contributed by atoms with Gasteiger partial charge in [0, 0.05) is 33.7 Å². The van der Waals surface area contributed by atoms with E-state index >= 15 is 0 Å². The van der Waals surface area contributed by atoms with E-state index in [1.807, 2.05) is 6.92 Å². The van der Waals surface area contributed by atoms with Crippen LogP contribution in [0, 0.1) is 0 Å². The lowest BCUT2D eigenvalue weighted by atomic mass is 10.2. The van der Waals surface area contributed by atoms with Crippen molar-refractivity contribution >= 4 is 28.7 Å². The number of aromatic nitrogens is 4. The van der Waals surface area contributed by atoms with Crippen LogP contribution < -0.4 is 16.6 Å². The van der Waals surface area contributed by atoms with Gasteiger partial charge in [0.2, 0.25) is 5.91 Å². The second-order valence-electron chi connectivity index (χ2n) is 6.83. The number of nitrogens with zero attached hydrogens (tertiary/aromatic N) is 4. The summed E-state index contributed by atoms with van der Waals surface area (Å²) in [5, 5.41) is 3.56. The minimum atomic E-state index is -0.455. The molecule has 9 nitrogen and oxygen atoms in total. The van der Waals surface area contributed by atoms with Crippen LogP contribution in [-0.4, -0.2) is 50.0 Å². The molecule has 3 heterocycles. The van der Waals surface area contributed by atoms with Crippen molar-refractivity contribution in [2.24, 2.45) is 14.1 Å². The average Bonchev–Trinajstić information content (AvgIpc) is 3.21. The average molecular weight is 407 g/mol. The molecular formula is C18H25N5O4S. The lowest BCUT2D eigenvalue weighted by molar-refractivity contribution is -0.119. The molecular weight excluding hydrogens is 382 g/mol. The number of fused-ring (bicyclic) bond motifs is 1. The summed E-state index contributed by atoms with van der Waals surface area (Å²) in [6.45, 7) is 3.23. The van der Waals surface area contributed by atoms with Gasteiger partial charge >= 0.3 is 5.69 Å². The highest BCUT2D eigenvalue weighted by Gasteiger charge is 2.19. The van der Waals surface area contributed by atoms with Crippen LogP contribution in [0.15, 0.2) is 14.6 Å². The number of carbonyl (C=O) groups excluding carboxylic acids is 1. The summed E-state index contributed by atoms with van der Waals surface area (Å²) < 4.78 is 7.88. The molecule has 1 atom stereocenters. The van der Waals surface area contributed by atoms with Gasteiger partial charge in [0.25, 0.3) is 5.56 Å². The van der Waals surface area contributed by atoms with Gasteiger partial charge in [0.15, 0.2) is 5.65 Å². The number of rotatable bonds is 7. The van der Waals surface area contributed by atoms with Gasteiger partial charge in [0.05, 0.1) is 11.9 Å². The Kier molecular flexibility index (Phi) is 6.50. The van der Waals surface area contributed by atoms with E-state index < -0.39 is 11.2 Å². The second kappa shape index (κ2) is 8.87. The molecule has 0 saturated carbocycles. The van der Waals surface area contributed by atoms with Crippen molar-refractivity contribution in [1.29, 1.82) is 0 Å². The van der Waals surface area contributed by atoms with E-state index in [1.54, 1.807) is 7.05 Å². The Morgan fingerprint density at radius 2 is 2.07 bits per heavy atom. The van der Waals surface area contributed by atoms with Gasteiger partial charge in [-0.1, -0.05) is 18.7 Å². The number of aryl methyl sites for hydroxylation is 2. The highest BCUT2D eigenvalue weighted by molar-refractivity contribution is 8.00. The second-order valence-corrected chi connectivity index (χ2v) is 7.79. The summed E-state index contributed by atoms with van der Waals surface area (Å²) in [7, 11) is 3.00. The maximum Gasteiger partial charge on any atom is 0.332 e. The van der Waals surface area contributed by atoms with Crippen LogP contribution in [0.4, 0.5) is 0 Å². The Morgan fingerprint density at radius 3 is 2.75 bits per heavy atom. The van der Waals surface area contributed by atoms with E-state index in [0.717, 1.165) is 30.4 Å². The topological polar surface area (TPSA) is 108 Å². The van der Waals surface area contributed by atoms with Gasteiger partial charge in [-0.3, -0.25) is 18.7 Å². The van der Waals surface area contributed by atoms with Gasteiger partial charge < -0.3 is 10.1 Å². The minimum Gasteiger partial charge on any atom is -0.376 e. The van der Waals surface area contributed by atoms with E-state index in [-0.39, 0.29) is 23.2 Å². The van der Waals surface area contributed by atoms with E-state index in [9.17, 15) is 14.4 Å². The summed E-state index contributed by atoms with van der Waals surface area (Å²) in [4.78, 5) is 46.0. The number of carbonyl (C=O) groups is 1. The SMILES string of the molecule is CCCc1nc(SCC(=O)NC[C@H]2CCCO2)c2c(=O)n(C)c(=O)n(C)c2n1. The summed E-state index contributed by atoms with van der Waals surface area (Å²) in [5.41, 5.74) is -0.596. The van der Waals surface area contributed by atoms with Crippen molar-refractivity contribution in [3.63, 3.8) is 0 Å². The maximum atomic E-state index is 12.7. The smallest absolute Gasteiger partial charge is 0.332 e. The van der Waals surface area contributed by atoms with Gasteiger partial charge in [-0.2, -0.15) is 0 Å². The van der Waals surface area contributed by atoms with Crippen molar-refractivity contribution in [3.8, 4) is 0 Å². The van der Waals surface area contributed by atoms with Crippen molar-refractivity contribution in [2.45, 2.75) is 43.7 Å². The molecule has 1 saturated heterocycles. The summed E-state index contributed by atoms with van der Waals surface area (Å²) in [6.07, 6.45) is 3.50. The third-order valence-electron chi connectivity index (χ3n) is 4.68. The largest absolute Gasteiger partial charge is 0.376 e. The summed E-state index contributed by atoms with van der Waals surface area (Å²) in [5.74, 6) is 0.530. The molecule has 0 spiro atoms. The van der Waals surface area contributed by atoms with E-state index in [0.29, 0.717) is 29.5 Å². The molecule has 1 aliphatic rings. The fourth-order valence-electron chi connectivity index (χ4n) is 3.13. The van der Waals surface area contributed by atoms with Crippen LogP contribution in [0.5, 0.6) is 0 Å². The normalized spacial score (nSPS) is 16.6. The molecule has 28 heavy (non-hydrogen) atoms. The Morgan fingerprint density at radius 1 is 1.29 bits per heavy atom.